The van der Waals surface area contributed by atoms with Crippen molar-refractivity contribution in [2.45, 2.75) is 140 Å². The number of hydrogen-bond acceptors (Lipinski definition) is 7. The summed E-state index contributed by atoms with van der Waals surface area (Å²) in [6.45, 7) is 2.90. The normalized spacial score (nSPS) is 32.4. The molecule has 3 atom stereocenters. The Morgan fingerprint density at radius 3 is 1.64 bits per heavy atom. The van der Waals surface area contributed by atoms with Crippen LogP contribution in [-0.2, 0) is 18.9 Å². The largest absolute Gasteiger partial charge is 0.378 e. The maximum atomic E-state index is 10.6. The van der Waals surface area contributed by atoms with Crippen LogP contribution >= 0.6 is 0 Å². The molecule has 33 heavy (non-hydrogen) atoms. The molecule has 0 bridgehead atoms. The van der Waals surface area contributed by atoms with Gasteiger partial charge in [0.2, 0.25) is 0 Å². The smallest absolute Gasteiger partial charge is 0.157 e. The van der Waals surface area contributed by atoms with Gasteiger partial charge in [-0.05, 0) is 84.0 Å². The SMILES string of the molecule is CC(O)OCCCCOC1CCC(C(O)OC2CCC(OC(O)C3CCCCC3)CC2)CC1. The maximum Gasteiger partial charge on any atom is 0.157 e. The fraction of sp³-hybridized carbons (Fsp3) is 1.00. The van der Waals surface area contributed by atoms with Crippen molar-refractivity contribution in [3.63, 3.8) is 0 Å². The second kappa shape index (κ2) is 15.0. The van der Waals surface area contributed by atoms with Crippen molar-refractivity contribution in [1.29, 1.82) is 0 Å². The molecule has 0 saturated heterocycles. The molecule has 3 fully saturated rings. The Balaban J connectivity index is 1.23. The van der Waals surface area contributed by atoms with Gasteiger partial charge in [0.25, 0.3) is 0 Å². The molecular weight excluding hydrogens is 424 g/mol. The Bertz CT molecular complexity index is 495. The number of ether oxygens (including phenoxy) is 4. The van der Waals surface area contributed by atoms with E-state index in [-0.39, 0.29) is 24.2 Å². The highest BCUT2D eigenvalue weighted by Crippen LogP contribution is 2.33. The van der Waals surface area contributed by atoms with Crippen LogP contribution in [0.25, 0.3) is 0 Å². The van der Waals surface area contributed by atoms with Crippen LogP contribution in [0.3, 0.4) is 0 Å². The van der Waals surface area contributed by atoms with E-state index in [1.54, 1.807) is 6.92 Å². The van der Waals surface area contributed by atoms with E-state index in [1.807, 2.05) is 0 Å². The molecule has 0 heterocycles. The zero-order valence-electron chi connectivity index (χ0n) is 20.6. The molecule has 3 rings (SSSR count). The molecule has 0 aromatic carbocycles. The first-order valence-electron chi connectivity index (χ1n) is 13.6. The van der Waals surface area contributed by atoms with Crippen LogP contribution in [0.4, 0.5) is 0 Å². The Morgan fingerprint density at radius 1 is 0.606 bits per heavy atom. The van der Waals surface area contributed by atoms with Crippen LogP contribution < -0.4 is 0 Å². The molecule has 0 aromatic heterocycles. The molecule has 3 saturated carbocycles. The topological polar surface area (TPSA) is 97.6 Å². The van der Waals surface area contributed by atoms with E-state index >= 15 is 0 Å². The summed E-state index contributed by atoms with van der Waals surface area (Å²) in [6, 6.07) is 0. The van der Waals surface area contributed by atoms with Crippen LogP contribution in [0.15, 0.2) is 0 Å². The maximum absolute atomic E-state index is 10.6. The molecule has 3 aliphatic carbocycles. The Morgan fingerprint density at radius 2 is 1.09 bits per heavy atom. The predicted molar refractivity (Wildman–Crippen MR) is 125 cm³/mol. The molecule has 0 aliphatic heterocycles. The van der Waals surface area contributed by atoms with Crippen molar-refractivity contribution in [1.82, 2.24) is 0 Å². The first kappa shape index (κ1) is 27.3. The standard InChI is InChI=1S/C26H48O7/c1-19(27)30-17-5-6-18-31-22-11-9-21(10-12-22)26(29)33-24-15-13-23(14-16-24)32-25(28)20-7-3-2-4-8-20/h19-29H,2-18H2,1H3. The minimum atomic E-state index is -0.697. The second-order valence-electron chi connectivity index (χ2n) is 10.4. The highest BCUT2D eigenvalue weighted by molar-refractivity contribution is 4.79. The van der Waals surface area contributed by atoms with Gasteiger partial charge in [-0.25, -0.2) is 0 Å². The van der Waals surface area contributed by atoms with Gasteiger partial charge in [-0.15, -0.1) is 0 Å². The van der Waals surface area contributed by atoms with Crippen LogP contribution in [0.1, 0.15) is 103 Å². The predicted octanol–water partition coefficient (Wildman–Crippen LogP) is 4.26. The molecule has 0 amide bonds. The van der Waals surface area contributed by atoms with Crippen molar-refractivity contribution < 1.29 is 34.3 Å². The van der Waals surface area contributed by atoms with Gasteiger partial charge >= 0.3 is 0 Å². The first-order valence-corrected chi connectivity index (χ1v) is 13.6. The summed E-state index contributed by atoms with van der Waals surface area (Å²) >= 11 is 0. The fourth-order valence-corrected chi connectivity index (χ4v) is 5.59. The molecule has 0 spiro atoms. The zero-order chi connectivity index (χ0) is 23.5. The highest BCUT2D eigenvalue weighted by Gasteiger charge is 2.32. The Labute approximate surface area is 200 Å². The van der Waals surface area contributed by atoms with Crippen molar-refractivity contribution in [2.75, 3.05) is 13.2 Å². The van der Waals surface area contributed by atoms with Gasteiger partial charge in [0.1, 0.15) is 0 Å². The van der Waals surface area contributed by atoms with Gasteiger partial charge in [0.05, 0.1) is 18.3 Å². The number of hydrogen-bond donors (Lipinski definition) is 3. The minimum Gasteiger partial charge on any atom is -0.378 e. The fourth-order valence-electron chi connectivity index (χ4n) is 5.59. The van der Waals surface area contributed by atoms with Gasteiger partial charge in [-0.2, -0.15) is 0 Å². The van der Waals surface area contributed by atoms with Crippen LogP contribution in [0.5, 0.6) is 0 Å². The molecule has 3 N–H and O–H groups in total. The molecular formula is C26H48O7. The molecule has 7 nitrogen and oxygen atoms in total. The summed E-state index contributed by atoms with van der Waals surface area (Å²) in [7, 11) is 0. The van der Waals surface area contributed by atoms with Crippen molar-refractivity contribution in [2.24, 2.45) is 11.8 Å². The van der Waals surface area contributed by atoms with Gasteiger partial charge in [-0.1, -0.05) is 19.3 Å². The van der Waals surface area contributed by atoms with E-state index in [0.29, 0.717) is 12.5 Å². The van der Waals surface area contributed by atoms with E-state index in [2.05, 4.69) is 0 Å². The average Bonchev–Trinajstić information content (AvgIpc) is 2.83. The van der Waals surface area contributed by atoms with Crippen LogP contribution in [0.2, 0.25) is 0 Å². The van der Waals surface area contributed by atoms with E-state index in [9.17, 15) is 10.2 Å². The first-order chi connectivity index (χ1) is 16.0. The van der Waals surface area contributed by atoms with E-state index < -0.39 is 18.9 Å². The monoisotopic (exact) mass is 472 g/mol. The summed E-state index contributed by atoms with van der Waals surface area (Å²) in [5, 5.41) is 30.1. The van der Waals surface area contributed by atoms with Crippen LogP contribution in [0, 0.1) is 11.8 Å². The van der Waals surface area contributed by atoms with Crippen molar-refractivity contribution in [3.8, 4) is 0 Å². The number of aliphatic hydroxyl groups is 3. The molecule has 0 aromatic rings. The summed E-state index contributed by atoms with van der Waals surface area (Å²) in [6.07, 6.45) is 13.5. The van der Waals surface area contributed by atoms with Gasteiger partial charge in [-0.3, -0.25) is 0 Å². The summed E-state index contributed by atoms with van der Waals surface area (Å²) < 4.78 is 23.1. The zero-order valence-corrected chi connectivity index (χ0v) is 20.6. The molecule has 7 heteroatoms. The van der Waals surface area contributed by atoms with Gasteiger partial charge in [0, 0.05) is 25.0 Å². The lowest BCUT2D eigenvalue weighted by molar-refractivity contribution is -0.205. The lowest BCUT2D eigenvalue weighted by Gasteiger charge is -2.36. The third kappa shape index (κ3) is 10.1. The summed E-state index contributed by atoms with van der Waals surface area (Å²) in [5.74, 6) is 0.490. The number of unbranched alkanes of at least 4 members (excludes halogenated alkanes) is 1. The van der Waals surface area contributed by atoms with E-state index in [1.165, 1.54) is 19.3 Å². The third-order valence-corrected chi connectivity index (χ3v) is 7.71. The third-order valence-electron chi connectivity index (χ3n) is 7.71. The average molecular weight is 473 g/mol. The minimum absolute atomic E-state index is 0.0875. The molecule has 3 unspecified atom stereocenters. The van der Waals surface area contributed by atoms with Crippen LogP contribution in [-0.4, -0.2) is 65.7 Å². The van der Waals surface area contributed by atoms with Gasteiger partial charge in [0.15, 0.2) is 18.9 Å². The lowest BCUT2D eigenvalue weighted by atomic mass is 9.86. The van der Waals surface area contributed by atoms with E-state index in [0.717, 1.165) is 83.7 Å². The molecule has 0 radical (unpaired) electrons. The Hall–Kier alpha value is -0.280. The Kier molecular flexibility index (Phi) is 12.4. The van der Waals surface area contributed by atoms with Crippen molar-refractivity contribution >= 4 is 0 Å². The summed E-state index contributed by atoms with van der Waals surface area (Å²) in [4.78, 5) is 0. The van der Waals surface area contributed by atoms with Crippen molar-refractivity contribution in [3.05, 3.63) is 0 Å². The quantitative estimate of drug-likeness (QED) is 0.272. The molecule has 3 aliphatic rings. The number of rotatable bonds is 13. The second-order valence-corrected chi connectivity index (χ2v) is 10.4. The lowest BCUT2D eigenvalue weighted by Crippen LogP contribution is -2.37. The van der Waals surface area contributed by atoms with Gasteiger partial charge < -0.3 is 34.3 Å². The number of aliphatic hydroxyl groups excluding tert-OH is 3. The van der Waals surface area contributed by atoms with E-state index in [4.69, 9.17) is 24.1 Å². The highest BCUT2D eigenvalue weighted by atomic mass is 16.6. The summed E-state index contributed by atoms with van der Waals surface area (Å²) in [5.41, 5.74) is 0. The molecule has 194 valence electrons.